The van der Waals surface area contributed by atoms with E-state index >= 15 is 0 Å². The van der Waals surface area contributed by atoms with Gasteiger partial charge in [-0.2, -0.15) is 13.2 Å². The van der Waals surface area contributed by atoms with Gasteiger partial charge in [0, 0.05) is 5.69 Å². The van der Waals surface area contributed by atoms with Crippen molar-refractivity contribution < 1.29 is 22.4 Å². The number of alkyl halides is 3. The number of thioether (sulfide) groups is 1. The highest BCUT2D eigenvalue weighted by Crippen LogP contribution is 2.30. The Labute approximate surface area is 163 Å². The molecule has 28 heavy (non-hydrogen) atoms. The second kappa shape index (κ2) is 8.47. The van der Waals surface area contributed by atoms with Gasteiger partial charge in [-0.3, -0.25) is 4.79 Å². The molecule has 9 heteroatoms. The highest BCUT2D eigenvalue weighted by molar-refractivity contribution is 8.00. The molecule has 3 aromatic rings. The van der Waals surface area contributed by atoms with Crippen molar-refractivity contribution in [2.75, 3.05) is 5.32 Å². The Morgan fingerprint density at radius 2 is 1.79 bits per heavy atom. The zero-order valence-electron chi connectivity index (χ0n) is 14.7. The monoisotopic (exact) mass is 407 g/mol. The smallest absolute Gasteiger partial charge is 0.416 e. The summed E-state index contributed by atoms with van der Waals surface area (Å²) in [5.74, 6) is 0.0524. The molecule has 0 aliphatic rings. The summed E-state index contributed by atoms with van der Waals surface area (Å²) >= 11 is 1.08. The standard InChI is InChI=1S/C19H16F3N3O2S/c1-12(17(26)23-15-9-7-14(8-10-15)19(20,21)22)28-18-25-24-16(27-18)11-13-5-3-2-4-6-13/h2-10,12H,11H2,1H3,(H,23,26)/t12-/m1/s1. The van der Waals surface area contributed by atoms with Crippen LogP contribution in [-0.2, 0) is 17.4 Å². The van der Waals surface area contributed by atoms with Crippen LogP contribution < -0.4 is 5.32 Å². The van der Waals surface area contributed by atoms with Crippen LogP contribution in [0.2, 0.25) is 0 Å². The van der Waals surface area contributed by atoms with Crippen molar-refractivity contribution in [3.05, 3.63) is 71.6 Å². The molecule has 0 bridgehead atoms. The third kappa shape index (κ3) is 5.35. The SMILES string of the molecule is C[C@@H](Sc1nnc(Cc2ccccc2)o1)C(=O)Nc1ccc(C(F)(F)F)cc1. The third-order valence-electron chi connectivity index (χ3n) is 3.77. The molecular formula is C19H16F3N3O2S. The van der Waals surface area contributed by atoms with Crippen molar-refractivity contribution in [1.82, 2.24) is 10.2 Å². The van der Waals surface area contributed by atoms with Crippen LogP contribution in [0.25, 0.3) is 0 Å². The number of carbonyl (C=O) groups excluding carboxylic acids is 1. The summed E-state index contributed by atoms with van der Waals surface area (Å²) in [5.41, 5.74) is 0.529. The zero-order valence-corrected chi connectivity index (χ0v) is 15.6. The maximum Gasteiger partial charge on any atom is 0.416 e. The molecule has 0 radical (unpaired) electrons. The maximum absolute atomic E-state index is 12.6. The normalized spacial score (nSPS) is 12.6. The van der Waals surface area contributed by atoms with E-state index in [0.29, 0.717) is 12.3 Å². The van der Waals surface area contributed by atoms with Crippen molar-refractivity contribution >= 4 is 23.4 Å². The van der Waals surface area contributed by atoms with Gasteiger partial charge in [0.25, 0.3) is 5.22 Å². The fraction of sp³-hybridized carbons (Fsp3) is 0.211. The van der Waals surface area contributed by atoms with Gasteiger partial charge in [-0.05, 0) is 36.8 Å². The predicted octanol–water partition coefficient (Wildman–Crippen LogP) is 4.80. The minimum absolute atomic E-state index is 0.251. The van der Waals surface area contributed by atoms with Crippen LogP contribution in [0, 0.1) is 0 Å². The van der Waals surface area contributed by atoms with Gasteiger partial charge < -0.3 is 9.73 Å². The van der Waals surface area contributed by atoms with Crippen molar-refractivity contribution in [2.45, 2.75) is 30.0 Å². The van der Waals surface area contributed by atoms with Gasteiger partial charge in [-0.15, -0.1) is 10.2 Å². The van der Waals surface area contributed by atoms with E-state index in [1.165, 1.54) is 12.1 Å². The van der Waals surface area contributed by atoms with E-state index in [1.54, 1.807) is 6.92 Å². The second-order valence-electron chi connectivity index (χ2n) is 5.95. The van der Waals surface area contributed by atoms with E-state index in [4.69, 9.17) is 4.42 Å². The fourth-order valence-electron chi connectivity index (χ4n) is 2.32. The molecule has 0 spiro atoms. The first-order valence-electron chi connectivity index (χ1n) is 8.32. The number of rotatable bonds is 6. The van der Waals surface area contributed by atoms with E-state index in [1.807, 2.05) is 30.3 Å². The molecule has 146 valence electrons. The topological polar surface area (TPSA) is 68.0 Å². The van der Waals surface area contributed by atoms with Gasteiger partial charge in [-0.25, -0.2) is 0 Å². The van der Waals surface area contributed by atoms with Crippen LogP contribution in [0.3, 0.4) is 0 Å². The average molecular weight is 407 g/mol. The van der Waals surface area contributed by atoms with Crippen LogP contribution >= 0.6 is 11.8 Å². The molecule has 0 unspecified atom stereocenters. The molecule has 5 nitrogen and oxygen atoms in total. The molecule has 0 aliphatic heterocycles. The van der Waals surface area contributed by atoms with Gasteiger partial charge in [0.2, 0.25) is 11.8 Å². The summed E-state index contributed by atoms with van der Waals surface area (Å²) in [6.45, 7) is 1.64. The molecule has 3 rings (SSSR count). The number of nitrogens with zero attached hydrogens (tertiary/aromatic N) is 2. The van der Waals surface area contributed by atoms with Crippen LogP contribution in [0.1, 0.15) is 23.9 Å². The lowest BCUT2D eigenvalue weighted by molar-refractivity contribution is -0.137. The highest BCUT2D eigenvalue weighted by Gasteiger charge is 2.30. The molecule has 0 fully saturated rings. The number of hydrogen-bond acceptors (Lipinski definition) is 5. The molecule has 1 atom stereocenters. The molecule has 0 saturated carbocycles. The van der Waals surface area contributed by atoms with E-state index in [-0.39, 0.29) is 16.8 Å². The number of amides is 1. The van der Waals surface area contributed by atoms with Crippen LogP contribution in [0.5, 0.6) is 0 Å². The number of hydrogen-bond donors (Lipinski definition) is 1. The van der Waals surface area contributed by atoms with Crippen LogP contribution in [0.4, 0.5) is 18.9 Å². The fourth-order valence-corrected chi connectivity index (χ4v) is 3.02. The number of carbonyl (C=O) groups is 1. The number of aromatic nitrogens is 2. The van der Waals surface area contributed by atoms with E-state index < -0.39 is 17.0 Å². The summed E-state index contributed by atoms with van der Waals surface area (Å²) in [6.07, 6.45) is -3.93. The summed E-state index contributed by atoms with van der Waals surface area (Å²) in [7, 11) is 0. The van der Waals surface area contributed by atoms with Crippen LogP contribution in [0.15, 0.2) is 64.2 Å². The third-order valence-corrected chi connectivity index (χ3v) is 4.71. The lowest BCUT2D eigenvalue weighted by Gasteiger charge is -2.11. The quantitative estimate of drug-likeness (QED) is 0.595. The number of nitrogens with one attached hydrogen (secondary N) is 1. The molecule has 0 saturated heterocycles. The molecule has 0 aliphatic carbocycles. The molecule has 1 aromatic heterocycles. The average Bonchev–Trinajstić information content (AvgIpc) is 3.09. The number of anilines is 1. The van der Waals surface area contributed by atoms with Crippen LogP contribution in [-0.4, -0.2) is 21.4 Å². The number of halogens is 3. The predicted molar refractivity (Wildman–Crippen MR) is 98.9 cm³/mol. The molecule has 1 N–H and O–H groups in total. The van der Waals surface area contributed by atoms with E-state index in [0.717, 1.165) is 29.5 Å². The largest absolute Gasteiger partial charge is 0.416 e. The number of benzene rings is 2. The summed E-state index contributed by atoms with van der Waals surface area (Å²) in [6, 6.07) is 13.9. The van der Waals surface area contributed by atoms with Crippen molar-refractivity contribution in [2.24, 2.45) is 0 Å². The Hall–Kier alpha value is -2.81. The van der Waals surface area contributed by atoms with Crippen molar-refractivity contribution in [3.63, 3.8) is 0 Å². The Morgan fingerprint density at radius 3 is 2.43 bits per heavy atom. The maximum atomic E-state index is 12.6. The Morgan fingerprint density at radius 1 is 1.11 bits per heavy atom. The van der Waals surface area contributed by atoms with E-state index in [2.05, 4.69) is 15.5 Å². The minimum Gasteiger partial charge on any atom is -0.416 e. The first-order valence-corrected chi connectivity index (χ1v) is 9.20. The Kier molecular flexibility index (Phi) is 6.03. The summed E-state index contributed by atoms with van der Waals surface area (Å²) < 4.78 is 43.3. The van der Waals surface area contributed by atoms with Gasteiger partial charge in [0.05, 0.1) is 17.2 Å². The van der Waals surface area contributed by atoms with E-state index in [9.17, 15) is 18.0 Å². The molecule has 1 heterocycles. The first-order chi connectivity index (χ1) is 13.3. The van der Waals surface area contributed by atoms with Gasteiger partial charge in [-0.1, -0.05) is 42.1 Å². The molecule has 2 aromatic carbocycles. The van der Waals surface area contributed by atoms with Gasteiger partial charge in [0.15, 0.2) is 0 Å². The van der Waals surface area contributed by atoms with Gasteiger partial charge in [0.1, 0.15) is 0 Å². The van der Waals surface area contributed by atoms with Crippen molar-refractivity contribution in [3.8, 4) is 0 Å². The Bertz CT molecular complexity index is 928. The lowest BCUT2D eigenvalue weighted by atomic mass is 10.2. The molecular weight excluding hydrogens is 391 g/mol. The summed E-state index contributed by atoms with van der Waals surface area (Å²) in [5, 5.41) is 10.1. The lowest BCUT2D eigenvalue weighted by Crippen LogP contribution is -2.22. The van der Waals surface area contributed by atoms with Gasteiger partial charge >= 0.3 is 6.18 Å². The molecule has 1 amide bonds. The van der Waals surface area contributed by atoms with Crippen molar-refractivity contribution in [1.29, 1.82) is 0 Å². The Balaban J connectivity index is 1.56. The second-order valence-corrected chi connectivity index (χ2v) is 7.24. The first kappa shape index (κ1) is 19.9. The zero-order chi connectivity index (χ0) is 20.1. The summed E-state index contributed by atoms with van der Waals surface area (Å²) in [4.78, 5) is 12.3. The minimum atomic E-state index is -4.42. The highest BCUT2D eigenvalue weighted by atomic mass is 32.2.